The standard InChI is InChI=1S/C27H30N4O5/c1-34-22-7-5-4-6-21(22)30-27(33)19-10-13-28-25(16-19)31-14-11-18(12-15-31)26(32)29-20-8-9-23(35-2)24(17-20)36-3/h4-10,13,16-18H,11-12,14-15H2,1-3H3,(H,29,32)(H,30,33). The first-order valence-corrected chi connectivity index (χ1v) is 11.7. The van der Waals surface area contributed by atoms with Crippen LogP contribution in [0.1, 0.15) is 23.2 Å². The molecule has 1 aromatic heterocycles. The van der Waals surface area contributed by atoms with Gasteiger partial charge in [0.15, 0.2) is 11.5 Å². The molecule has 4 rings (SSSR count). The van der Waals surface area contributed by atoms with Crippen molar-refractivity contribution in [1.29, 1.82) is 0 Å². The van der Waals surface area contributed by atoms with Crippen molar-refractivity contribution in [3.63, 3.8) is 0 Å². The molecule has 1 aliphatic rings. The van der Waals surface area contributed by atoms with Gasteiger partial charge in [0.05, 0.1) is 27.0 Å². The Morgan fingerprint density at radius 2 is 1.58 bits per heavy atom. The van der Waals surface area contributed by atoms with Gasteiger partial charge in [-0.3, -0.25) is 9.59 Å². The molecule has 0 aliphatic carbocycles. The number of nitrogens with zero attached hydrogens (tertiary/aromatic N) is 2. The summed E-state index contributed by atoms with van der Waals surface area (Å²) in [5.41, 5.74) is 1.76. The van der Waals surface area contributed by atoms with E-state index in [2.05, 4.69) is 20.5 Å². The lowest BCUT2D eigenvalue weighted by Crippen LogP contribution is -2.38. The molecule has 0 saturated carbocycles. The van der Waals surface area contributed by atoms with Crippen molar-refractivity contribution in [3.8, 4) is 17.2 Å². The smallest absolute Gasteiger partial charge is 0.255 e. The molecule has 0 atom stereocenters. The van der Waals surface area contributed by atoms with Crippen LogP contribution < -0.4 is 29.7 Å². The Balaban J connectivity index is 1.35. The molecule has 1 fully saturated rings. The lowest BCUT2D eigenvalue weighted by molar-refractivity contribution is -0.120. The maximum atomic E-state index is 12.9. The van der Waals surface area contributed by atoms with Gasteiger partial charge in [-0.1, -0.05) is 12.1 Å². The molecule has 36 heavy (non-hydrogen) atoms. The van der Waals surface area contributed by atoms with Crippen molar-refractivity contribution in [2.45, 2.75) is 12.8 Å². The first kappa shape index (κ1) is 24.8. The molecule has 1 aliphatic heterocycles. The SMILES string of the molecule is COc1ccccc1NC(=O)c1ccnc(N2CCC(C(=O)Nc3ccc(OC)c(OC)c3)CC2)c1. The van der Waals surface area contributed by atoms with E-state index in [1.54, 1.807) is 70.0 Å². The normalized spacial score (nSPS) is 13.6. The molecule has 0 spiro atoms. The molecule has 9 heteroatoms. The predicted molar refractivity (Wildman–Crippen MR) is 138 cm³/mol. The second-order valence-corrected chi connectivity index (χ2v) is 8.38. The molecule has 9 nitrogen and oxygen atoms in total. The van der Waals surface area contributed by atoms with Gasteiger partial charge in [-0.15, -0.1) is 0 Å². The van der Waals surface area contributed by atoms with Crippen LogP contribution in [0.15, 0.2) is 60.8 Å². The Morgan fingerprint density at radius 1 is 0.861 bits per heavy atom. The predicted octanol–water partition coefficient (Wildman–Crippen LogP) is 4.21. The molecule has 2 aromatic carbocycles. The third kappa shape index (κ3) is 5.68. The van der Waals surface area contributed by atoms with E-state index in [4.69, 9.17) is 14.2 Å². The minimum absolute atomic E-state index is 0.0280. The number of nitrogens with one attached hydrogen (secondary N) is 2. The number of benzene rings is 2. The van der Waals surface area contributed by atoms with Gasteiger partial charge in [-0.05, 0) is 49.2 Å². The summed E-state index contributed by atoms with van der Waals surface area (Å²) in [4.78, 5) is 32.2. The minimum Gasteiger partial charge on any atom is -0.495 e. The average Bonchev–Trinajstić information content (AvgIpc) is 2.93. The fraction of sp³-hybridized carbons (Fsp3) is 0.296. The number of amides is 2. The minimum atomic E-state index is -0.243. The van der Waals surface area contributed by atoms with Crippen LogP contribution in [-0.2, 0) is 4.79 Å². The Bertz CT molecular complexity index is 1220. The zero-order chi connectivity index (χ0) is 25.5. The summed E-state index contributed by atoms with van der Waals surface area (Å²) < 4.78 is 15.9. The van der Waals surface area contributed by atoms with Crippen LogP contribution in [-0.4, -0.2) is 51.2 Å². The molecular formula is C27H30N4O5. The lowest BCUT2D eigenvalue weighted by Gasteiger charge is -2.32. The van der Waals surface area contributed by atoms with Crippen molar-refractivity contribution >= 4 is 29.0 Å². The molecule has 3 aromatic rings. The number of ether oxygens (including phenoxy) is 3. The molecule has 2 N–H and O–H groups in total. The molecule has 1 saturated heterocycles. The molecule has 0 unspecified atom stereocenters. The van der Waals surface area contributed by atoms with Crippen molar-refractivity contribution in [3.05, 3.63) is 66.4 Å². The zero-order valence-corrected chi connectivity index (χ0v) is 20.6. The van der Waals surface area contributed by atoms with E-state index < -0.39 is 0 Å². The summed E-state index contributed by atoms with van der Waals surface area (Å²) in [6, 6.07) is 16.0. The van der Waals surface area contributed by atoms with Gasteiger partial charge in [0, 0.05) is 42.5 Å². The van der Waals surface area contributed by atoms with Crippen LogP contribution in [0.4, 0.5) is 17.2 Å². The second kappa shape index (κ2) is 11.4. The summed E-state index contributed by atoms with van der Waals surface area (Å²) in [5, 5.41) is 5.87. The van der Waals surface area contributed by atoms with Gasteiger partial charge in [0.1, 0.15) is 11.6 Å². The summed E-state index contributed by atoms with van der Waals surface area (Å²) in [7, 11) is 4.69. The molecular weight excluding hydrogens is 460 g/mol. The third-order valence-corrected chi connectivity index (χ3v) is 6.20. The maximum absolute atomic E-state index is 12.9. The number of hydrogen-bond acceptors (Lipinski definition) is 7. The number of aromatic nitrogens is 1. The Hall–Kier alpha value is -4.27. The van der Waals surface area contributed by atoms with E-state index in [0.717, 1.165) is 0 Å². The number of para-hydroxylation sites is 2. The number of rotatable bonds is 8. The van der Waals surface area contributed by atoms with Gasteiger partial charge >= 0.3 is 0 Å². The van der Waals surface area contributed by atoms with Gasteiger partial charge in [-0.2, -0.15) is 0 Å². The molecule has 188 valence electrons. The largest absolute Gasteiger partial charge is 0.495 e. The van der Waals surface area contributed by atoms with Crippen LogP contribution in [0.25, 0.3) is 0 Å². The monoisotopic (exact) mass is 490 g/mol. The highest BCUT2D eigenvalue weighted by atomic mass is 16.5. The van der Waals surface area contributed by atoms with E-state index in [1.165, 1.54) is 0 Å². The number of methoxy groups -OCH3 is 3. The van der Waals surface area contributed by atoms with Crippen molar-refractivity contribution in [2.24, 2.45) is 5.92 Å². The number of anilines is 3. The van der Waals surface area contributed by atoms with Crippen molar-refractivity contribution in [1.82, 2.24) is 4.98 Å². The summed E-state index contributed by atoms with van der Waals surface area (Å²) in [5.74, 6) is 2.08. The fourth-order valence-electron chi connectivity index (χ4n) is 4.20. The summed E-state index contributed by atoms with van der Waals surface area (Å²) >= 11 is 0. The number of hydrogen-bond donors (Lipinski definition) is 2. The van der Waals surface area contributed by atoms with Gasteiger partial charge in [0.2, 0.25) is 5.91 Å². The van der Waals surface area contributed by atoms with Crippen LogP contribution in [0.3, 0.4) is 0 Å². The van der Waals surface area contributed by atoms with Crippen LogP contribution in [0, 0.1) is 5.92 Å². The highest BCUT2D eigenvalue weighted by molar-refractivity contribution is 6.05. The molecule has 0 bridgehead atoms. The molecule has 0 radical (unpaired) electrons. The highest BCUT2D eigenvalue weighted by Gasteiger charge is 2.26. The van der Waals surface area contributed by atoms with Crippen LogP contribution in [0.5, 0.6) is 17.2 Å². The van der Waals surface area contributed by atoms with Gasteiger partial charge < -0.3 is 29.7 Å². The topological polar surface area (TPSA) is 102 Å². The van der Waals surface area contributed by atoms with Gasteiger partial charge in [-0.25, -0.2) is 4.98 Å². The van der Waals surface area contributed by atoms with E-state index >= 15 is 0 Å². The van der Waals surface area contributed by atoms with Gasteiger partial charge in [0.25, 0.3) is 5.91 Å². The number of carbonyl (C=O) groups is 2. The van der Waals surface area contributed by atoms with Crippen molar-refractivity contribution < 1.29 is 23.8 Å². The zero-order valence-electron chi connectivity index (χ0n) is 20.6. The number of carbonyl (C=O) groups excluding carboxylic acids is 2. The molecule has 2 amide bonds. The second-order valence-electron chi connectivity index (χ2n) is 8.38. The van der Waals surface area contributed by atoms with Crippen LogP contribution >= 0.6 is 0 Å². The summed E-state index contributed by atoms with van der Waals surface area (Å²) in [6.45, 7) is 1.32. The first-order chi connectivity index (χ1) is 17.5. The average molecular weight is 491 g/mol. The van der Waals surface area contributed by atoms with Crippen molar-refractivity contribution in [2.75, 3.05) is 50.0 Å². The first-order valence-electron chi connectivity index (χ1n) is 11.7. The van der Waals surface area contributed by atoms with E-state index in [0.29, 0.717) is 65.9 Å². The highest BCUT2D eigenvalue weighted by Crippen LogP contribution is 2.31. The third-order valence-electron chi connectivity index (χ3n) is 6.20. The fourth-order valence-corrected chi connectivity index (χ4v) is 4.20. The lowest BCUT2D eigenvalue weighted by atomic mass is 9.95. The number of piperidine rings is 1. The van der Waals surface area contributed by atoms with Crippen LogP contribution in [0.2, 0.25) is 0 Å². The van der Waals surface area contributed by atoms with E-state index in [9.17, 15) is 9.59 Å². The molecule has 2 heterocycles. The van der Waals surface area contributed by atoms with E-state index in [-0.39, 0.29) is 17.7 Å². The maximum Gasteiger partial charge on any atom is 0.255 e. The van der Waals surface area contributed by atoms with E-state index in [1.807, 2.05) is 12.1 Å². The Morgan fingerprint density at radius 3 is 2.31 bits per heavy atom. The number of pyridine rings is 1. The summed E-state index contributed by atoms with van der Waals surface area (Å²) in [6.07, 6.45) is 2.99. The Labute approximate surface area is 210 Å². The Kier molecular flexibility index (Phi) is 7.89. The quantitative estimate of drug-likeness (QED) is 0.488.